The number of carbonyl (C=O) groups is 2. The SMILES string of the molecule is COCCCN1C(=O)C(=O)C(=C(O)c2ccc(S(=O)(=O)N3CCOCC3)cc2)[C@@H]1c1ccc(OC)cc1. The van der Waals surface area contributed by atoms with Gasteiger partial charge in [0.05, 0.1) is 36.8 Å². The Labute approximate surface area is 216 Å². The van der Waals surface area contributed by atoms with E-state index in [4.69, 9.17) is 14.2 Å². The van der Waals surface area contributed by atoms with Gasteiger partial charge in [0.1, 0.15) is 11.5 Å². The number of nitrogens with zero attached hydrogens (tertiary/aromatic N) is 2. The van der Waals surface area contributed by atoms with Gasteiger partial charge in [-0.2, -0.15) is 4.31 Å². The molecule has 11 heteroatoms. The van der Waals surface area contributed by atoms with Gasteiger partial charge in [0.2, 0.25) is 10.0 Å². The van der Waals surface area contributed by atoms with Crippen molar-refractivity contribution in [2.75, 3.05) is 53.7 Å². The molecule has 4 rings (SSSR count). The van der Waals surface area contributed by atoms with Crippen LogP contribution in [0, 0.1) is 0 Å². The number of likely N-dealkylation sites (tertiary alicyclic amines) is 1. The van der Waals surface area contributed by atoms with Crippen LogP contribution in [0.3, 0.4) is 0 Å². The van der Waals surface area contributed by atoms with Crippen molar-refractivity contribution in [3.05, 3.63) is 65.2 Å². The first-order valence-corrected chi connectivity index (χ1v) is 13.3. The number of hydrogen-bond donors (Lipinski definition) is 1. The smallest absolute Gasteiger partial charge is 0.295 e. The number of hydrogen-bond acceptors (Lipinski definition) is 8. The van der Waals surface area contributed by atoms with Crippen molar-refractivity contribution in [2.45, 2.75) is 17.4 Å². The second kappa shape index (κ2) is 11.4. The lowest BCUT2D eigenvalue weighted by molar-refractivity contribution is -0.140. The van der Waals surface area contributed by atoms with Crippen molar-refractivity contribution >= 4 is 27.5 Å². The Morgan fingerprint density at radius 2 is 1.68 bits per heavy atom. The van der Waals surface area contributed by atoms with Gasteiger partial charge >= 0.3 is 0 Å². The fourth-order valence-electron chi connectivity index (χ4n) is 4.50. The standard InChI is InChI=1S/C26H30N2O8S/c1-34-15-3-12-28-23(18-4-8-20(35-2)9-5-18)22(25(30)26(28)31)24(29)19-6-10-21(11-7-19)37(32,33)27-13-16-36-17-14-27/h4-11,23,29H,3,12-17H2,1-2H3/t23-/m0/s1. The number of aliphatic hydroxyl groups excluding tert-OH is 1. The molecule has 10 nitrogen and oxygen atoms in total. The number of ketones is 1. The molecule has 37 heavy (non-hydrogen) atoms. The van der Waals surface area contributed by atoms with Crippen LogP contribution in [-0.4, -0.2) is 88.1 Å². The Balaban J connectivity index is 1.72. The zero-order valence-corrected chi connectivity index (χ0v) is 21.6. The molecule has 0 saturated carbocycles. The van der Waals surface area contributed by atoms with Gasteiger partial charge in [-0.25, -0.2) is 8.42 Å². The highest BCUT2D eigenvalue weighted by atomic mass is 32.2. The number of Topliss-reactive ketones (excluding diaryl/α,β-unsaturated/α-hetero) is 1. The Hall–Kier alpha value is -3.25. The van der Waals surface area contributed by atoms with Crippen molar-refractivity contribution in [2.24, 2.45) is 0 Å². The van der Waals surface area contributed by atoms with Gasteiger partial charge in [-0.1, -0.05) is 12.1 Å². The quantitative estimate of drug-likeness (QED) is 0.227. The maximum Gasteiger partial charge on any atom is 0.295 e. The average Bonchev–Trinajstić information content (AvgIpc) is 3.18. The van der Waals surface area contributed by atoms with Gasteiger partial charge < -0.3 is 24.2 Å². The summed E-state index contributed by atoms with van der Waals surface area (Å²) in [4.78, 5) is 27.6. The first-order chi connectivity index (χ1) is 17.8. The average molecular weight is 531 g/mol. The minimum absolute atomic E-state index is 0.0589. The van der Waals surface area contributed by atoms with E-state index in [9.17, 15) is 23.1 Å². The third-order valence-electron chi connectivity index (χ3n) is 6.45. The van der Waals surface area contributed by atoms with Crippen LogP contribution in [0.2, 0.25) is 0 Å². The van der Waals surface area contributed by atoms with Gasteiger partial charge in [0.25, 0.3) is 11.7 Å². The molecule has 0 unspecified atom stereocenters. The van der Waals surface area contributed by atoms with E-state index >= 15 is 0 Å². The van der Waals surface area contributed by atoms with Crippen molar-refractivity contribution in [1.82, 2.24) is 9.21 Å². The molecule has 2 aromatic rings. The number of sulfonamides is 1. The van der Waals surface area contributed by atoms with Crippen molar-refractivity contribution in [3.8, 4) is 5.75 Å². The number of methoxy groups -OCH3 is 2. The zero-order valence-electron chi connectivity index (χ0n) is 20.8. The highest BCUT2D eigenvalue weighted by Crippen LogP contribution is 2.40. The zero-order chi connectivity index (χ0) is 26.6. The van der Waals surface area contributed by atoms with Crippen LogP contribution in [0.1, 0.15) is 23.6 Å². The highest BCUT2D eigenvalue weighted by molar-refractivity contribution is 7.89. The molecule has 0 aliphatic carbocycles. The lowest BCUT2D eigenvalue weighted by Crippen LogP contribution is -2.40. The van der Waals surface area contributed by atoms with Crippen LogP contribution < -0.4 is 4.74 Å². The topological polar surface area (TPSA) is 123 Å². The summed E-state index contributed by atoms with van der Waals surface area (Å²) in [6, 6.07) is 11.7. The molecule has 198 valence electrons. The summed E-state index contributed by atoms with van der Waals surface area (Å²) in [6.07, 6.45) is 0.504. The molecule has 2 aliphatic rings. The lowest BCUT2D eigenvalue weighted by Gasteiger charge is -2.26. The van der Waals surface area contributed by atoms with Crippen LogP contribution in [0.4, 0.5) is 0 Å². The van der Waals surface area contributed by atoms with E-state index in [2.05, 4.69) is 0 Å². The summed E-state index contributed by atoms with van der Waals surface area (Å²) in [7, 11) is -0.632. The van der Waals surface area contributed by atoms with E-state index in [0.29, 0.717) is 37.6 Å². The van der Waals surface area contributed by atoms with E-state index in [1.807, 2.05) is 0 Å². The first-order valence-electron chi connectivity index (χ1n) is 11.9. The largest absolute Gasteiger partial charge is 0.507 e. The number of morpholine rings is 1. The van der Waals surface area contributed by atoms with Crippen molar-refractivity contribution < 1.29 is 37.3 Å². The molecule has 2 aliphatic heterocycles. The lowest BCUT2D eigenvalue weighted by atomic mass is 9.95. The summed E-state index contributed by atoms with van der Waals surface area (Å²) in [5.74, 6) is -1.29. The Bertz CT molecular complexity index is 1270. The molecular formula is C26H30N2O8S. The summed E-state index contributed by atoms with van der Waals surface area (Å²) in [5, 5.41) is 11.2. The maximum absolute atomic E-state index is 13.1. The molecular weight excluding hydrogens is 500 g/mol. The molecule has 0 spiro atoms. The Morgan fingerprint density at radius 1 is 1.03 bits per heavy atom. The molecule has 2 saturated heterocycles. The third kappa shape index (κ3) is 5.40. The monoisotopic (exact) mass is 530 g/mol. The number of benzene rings is 2. The van der Waals surface area contributed by atoms with Crippen molar-refractivity contribution in [1.29, 1.82) is 0 Å². The molecule has 2 aromatic carbocycles. The van der Waals surface area contributed by atoms with Crippen LogP contribution >= 0.6 is 0 Å². The number of ether oxygens (including phenoxy) is 3. The summed E-state index contributed by atoms with van der Waals surface area (Å²) >= 11 is 0. The number of amides is 1. The van der Waals surface area contributed by atoms with Crippen LogP contribution in [0.15, 0.2) is 59.0 Å². The highest BCUT2D eigenvalue weighted by Gasteiger charge is 2.45. The minimum Gasteiger partial charge on any atom is -0.507 e. The molecule has 1 N–H and O–H groups in total. The number of aliphatic hydroxyl groups is 1. The van der Waals surface area contributed by atoms with Crippen LogP contribution in [0.5, 0.6) is 5.75 Å². The molecule has 2 heterocycles. The van der Waals surface area contributed by atoms with Gasteiger partial charge in [-0.15, -0.1) is 0 Å². The van der Waals surface area contributed by atoms with Gasteiger partial charge in [0.15, 0.2) is 0 Å². The normalized spacial score (nSPS) is 20.4. The number of rotatable bonds is 9. The Morgan fingerprint density at radius 3 is 2.27 bits per heavy atom. The predicted octanol–water partition coefficient (Wildman–Crippen LogP) is 2.17. The fourth-order valence-corrected chi connectivity index (χ4v) is 5.91. The predicted molar refractivity (Wildman–Crippen MR) is 135 cm³/mol. The van der Waals surface area contributed by atoms with Crippen LogP contribution in [0.25, 0.3) is 5.76 Å². The summed E-state index contributed by atoms with van der Waals surface area (Å²) < 4.78 is 42.8. The number of carbonyl (C=O) groups excluding carboxylic acids is 2. The second-order valence-electron chi connectivity index (χ2n) is 8.65. The molecule has 1 amide bonds. The summed E-state index contributed by atoms with van der Waals surface area (Å²) in [6.45, 7) is 1.83. The van der Waals surface area contributed by atoms with Gasteiger partial charge in [0, 0.05) is 38.9 Å². The van der Waals surface area contributed by atoms with E-state index in [0.717, 1.165) is 0 Å². The van der Waals surface area contributed by atoms with E-state index < -0.39 is 27.8 Å². The molecule has 0 aromatic heterocycles. The molecule has 1 atom stereocenters. The van der Waals surface area contributed by atoms with Crippen molar-refractivity contribution in [3.63, 3.8) is 0 Å². The van der Waals surface area contributed by atoms with E-state index in [1.165, 1.54) is 40.6 Å². The summed E-state index contributed by atoms with van der Waals surface area (Å²) in [5.41, 5.74) is 0.802. The Kier molecular flexibility index (Phi) is 8.28. The fraction of sp³-hybridized carbons (Fsp3) is 0.385. The third-order valence-corrected chi connectivity index (χ3v) is 8.37. The van der Waals surface area contributed by atoms with Gasteiger partial charge in [-0.05, 0) is 48.4 Å². The minimum atomic E-state index is -3.72. The van der Waals surface area contributed by atoms with E-state index in [-0.39, 0.29) is 41.4 Å². The van der Waals surface area contributed by atoms with E-state index in [1.54, 1.807) is 31.4 Å². The van der Waals surface area contributed by atoms with Gasteiger partial charge in [-0.3, -0.25) is 9.59 Å². The molecule has 0 radical (unpaired) electrons. The first kappa shape index (κ1) is 26.8. The maximum atomic E-state index is 13.1. The molecule has 2 fully saturated rings. The van der Waals surface area contributed by atoms with Crippen LogP contribution in [-0.2, 0) is 29.1 Å². The second-order valence-corrected chi connectivity index (χ2v) is 10.6. The molecule has 0 bridgehead atoms.